The molecule has 0 saturated carbocycles. The van der Waals surface area contributed by atoms with Gasteiger partial charge in [-0.05, 0) is 30.0 Å². The minimum absolute atomic E-state index is 0.0243. The smallest absolute Gasteiger partial charge is 0.277 e. The number of nitro groups is 1. The minimum atomic E-state index is -0.438. The Labute approximate surface area is 91.3 Å². The normalized spacial score (nSPS) is 10.3. The average Bonchev–Trinajstić information content (AvgIpc) is 2.39. The van der Waals surface area contributed by atoms with Crippen LogP contribution in [0.15, 0.2) is 41.2 Å². The van der Waals surface area contributed by atoms with Gasteiger partial charge in [0.15, 0.2) is 5.43 Å². The van der Waals surface area contributed by atoms with E-state index in [1.807, 2.05) is 0 Å². The molecule has 0 aliphatic heterocycles. The van der Waals surface area contributed by atoms with Gasteiger partial charge in [-0.1, -0.05) is 18.2 Å². The molecule has 2 rings (SSSR count). The van der Waals surface area contributed by atoms with Gasteiger partial charge in [-0.2, -0.15) is 0 Å². The number of nitrogens with zero attached hydrogens (tertiary/aromatic N) is 1. The summed E-state index contributed by atoms with van der Waals surface area (Å²) in [6.07, 6.45) is 0. The van der Waals surface area contributed by atoms with Crippen LogP contribution in [0.25, 0.3) is 10.8 Å². The lowest BCUT2D eigenvalue weighted by Gasteiger charge is -1.95. The summed E-state index contributed by atoms with van der Waals surface area (Å²) in [6.45, 7) is 1.65. The molecule has 0 amide bonds. The lowest BCUT2D eigenvalue weighted by Crippen LogP contribution is -1.97. The third-order valence-corrected chi connectivity index (χ3v) is 2.48. The van der Waals surface area contributed by atoms with E-state index in [9.17, 15) is 14.9 Å². The van der Waals surface area contributed by atoms with Gasteiger partial charge >= 0.3 is 0 Å². The van der Waals surface area contributed by atoms with Gasteiger partial charge in [-0.3, -0.25) is 14.9 Å². The van der Waals surface area contributed by atoms with Crippen molar-refractivity contribution >= 4 is 16.5 Å². The molecule has 80 valence electrons. The lowest BCUT2D eigenvalue weighted by atomic mass is 10.1. The number of rotatable bonds is 1. The Morgan fingerprint density at radius 3 is 2.62 bits per heavy atom. The maximum atomic E-state index is 11.4. The van der Waals surface area contributed by atoms with Crippen molar-refractivity contribution < 1.29 is 4.92 Å². The fourth-order valence-electron chi connectivity index (χ4n) is 1.62. The first kappa shape index (κ1) is 10.3. The highest BCUT2D eigenvalue weighted by molar-refractivity contribution is 5.90. The van der Waals surface area contributed by atoms with Crippen molar-refractivity contribution in [3.05, 3.63) is 62.3 Å². The van der Waals surface area contributed by atoms with Crippen LogP contribution in [-0.4, -0.2) is 4.92 Å². The Morgan fingerprint density at radius 1 is 1.19 bits per heavy atom. The summed E-state index contributed by atoms with van der Waals surface area (Å²) in [5.74, 6) is 0. The van der Waals surface area contributed by atoms with E-state index in [2.05, 4.69) is 0 Å². The Bertz CT molecular complexity index is 635. The third kappa shape index (κ3) is 1.65. The summed E-state index contributed by atoms with van der Waals surface area (Å²) in [7, 11) is 0. The van der Waals surface area contributed by atoms with Crippen molar-refractivity contribution in [2.24, 2.45) is 0 Å². The number of nitro benzene ring substituents is 1. The summed E-state index contributed by atoms with van der Waals surface area (Å²) in [5.41, 5.74) is 0.408. The molecule has 16 heavy (non-hydrogen) atoms. The average molecular weight is 215 g/mol. The van der Waals surface area contributed by atoms with Crippen molar-refractivity contribution in [3.63, 3.8) is 0 Å². The molecule has 0 radical (unpaired) electrons. The lowest BCUT2D eigenvalue weighted by molar-refractivity contribution is -0.383. The summed E-state index contributed by atoms with van der Waals surface area (Å²) in [5, 5.41) is 12.0. The van der Waals surface area contributed by atoms with Crippen LogP contribution in [-0.2, 0) is 0 Å². The molecule has 0 heterocycles. The van der Waals surface area contributed by atoms with Crippen LogP contribution >= 0.6 is 0 Å². The molecule has 0 spiro atoms. The standard InChI is InChI=1S/C12H9NO3/c1-8-7-10-9(5-6-12(8)14)3-2-4-11(10)13(15)16/h2-7H,1H3. The zero-order valence-corrected chi connectivity index (χ0v) is 8.64. The van der Waals surface area contributed by atoms with E-state index in [0.717, 1.165) is 0 Å². The van der Waals surface area contributed by atoms with Crippen LogP contribution in [0, 0.1) is 17.0 Å². The quantitative estimate of drug-likeness (QED) is 0.542. The highest BCUT2D eigenvalue weighted by Crippen LogP contribution is 2.24. The van der Waals surface area contributed by atoms with E-state index in [1.54, 1.807) is 31.2 Å². The number of benzene rings is 1. The van der Waals surface area contributed by atoms with E-state index >= 15 is 0 Å². The van der Waals surface area contributed by atoms with E-state index in [1.165, 1.54) is 12.1 Å². The monoisotopic (exact) mass is 215 g/mol. The molecule has 0 bridgehead atoms. The van der Waals surface area contributed by atoms with Crippen LogP contribution < -0.4 is 5.43 Å². The summed E-state index contributed by atoms with van der Waals surface area (Å²) < 4.78 is 0. The van der Waals surface area contributed by atoms with Crippen LogP contribution in [0.5, 0.6) is 0 Å². The van der Waals surface area contributed by atoms with Crippen molar-refractivity contribution in [3.8, 4) is 0 Å². The van der Waals surface area contributed by atoms with Gasteiger partial charge in [-0.15, -0.1) is 0 Å². The second-order valence-electron chi connectivity index (χ2n) is 3.56. The highest BCUT2D eigenvalue weighted by Gasteiger charge is 2.10. The van der Waals surface area contributed by atoms with Gasteiger partial charge < -0.3 is 0 Å². The predicted octanol–water partition coefficient (Wildman–Crippen LogP) is 2.42. The van der Waals surface area contributed by atoms with Crippen LogP contribution in [0.1, 0.15) is 5.56 Å². The Kier molecular flexibility index (Phi) is 2.40. The summed E-state index contributed by atoms with van der Waals surface area (Å²) in [4.78, 5) is 21.8. The van der Waals surface area contributed by atoms with Gasteiger partial charge in [0.25, 0.3) is 5.69 Å². The largest absolute Gasteiger partial charge is 0.290 e. The van der Waals surface area contributed by atoms with Gasteiger partial charge in [0.2, 0.25) is 0 Å². The highest BCUT2D eigenvalue weighted by atomic mass is 16.6. The number of hydrogen-bond acceptors (Lipinski definition) is 3. The third-order valence-electron chi connectivity index (χ3n) is 2.48. The maximum Gasteiger partial charge on any atom is 0.277 e. The molecule has 0 atom stereocenters. The van der Waals surface area contributed by atoms with E-state index in [4.69, 9.17) is 0 Å². The second kappa shape index (κ2) is 3.73. The van der Waals surface area contributed by atoms with Crippen molar-refractivity contribution in [1.29, 1.82) is 0 Å². The molecule has 0 unspecified atom stereocenters. The van der Waals surface area contributed by atoms with Crippen LogP contribution in [0.2, 0.25) is 0 Å². The first-order valence-electron chi connectivity index (χ1n) is 4.77. The molecule has 2 aromatic rings. The zero-order valence-electron chi connectivity index (χ0n) is 8.64. The molecule has 2 aromatic carbocycles. The topological polar surface area (TPSA) is 60.2 Å². The first-order valence-corrected chi connectivity index (χ1v) is 4.77. The number of fused-ring (bicyclic) bond motifs is 1. The molecular formula is C12H9NO3. The number of non-ortho nitro benzene ring substituents is 1. The van der Waals surface area contributed by atoms with Crippen molar-refractivity contribution in [2.45, 2.75) is 6.92 Å². The second-order valence-corrected chi connectivity index (χ2v) is 3.56. The predicted molar refractivity (Wildman–Crippen MR) is 61.6 cm³/mol. The van der Waals surface area contributed by atoms with Gasteiger partial charge in [0.05, 0.1) is 10.3 Å². The summed E-state index contributed by atoms with van der Waals surface area (Å²) in [6, 6.07) is 9.41. The maximum absolute atomic E-state index is 11.4. The molecule has 0 saturated heterocycles. The molecule has 0 N–H and O–H groups in total. The fourth-order valence-corrected chi connectivity index (χ4v) is 1.62. The molecular weight excluding hydrogens is 206 g/mol. The van der Waals surface area contributed by atoms with Crippen LogP contribution in [0.3, 0.4) is 0 Å². The van der Waals surface area contributed by atoms with Crippen molar-refractivity contribution in [2.75, 3.05) is 0 Å². The Hall–Kier alpha value is -2.23. The molecule has 0 aliphatic rings. The first-order chi connectivity index (χ1) is 7.59. The van der Waals surface area contributed by atoms with Gasteiger partial charge in [0, 0.05) is 6.07 Å². The molecule has 0 fully saturated rings. The van der Waals surface area contributed by atoms with E-state index < -0.39 is 4.92 Å². The Morgan fingerprint density at radius 2 is 1.94 bits per heavy atom. The molecule has 4 heteroatoms. The SMILES string of the molecule is Cc1cc2c([N+](=O)[O-])cccc2ccc1=O. The molecule has 4 nitrogen and oxygen atoms in total. The Balaban J connectivity index is 2.98. The molecule has 0 aromatic heterocycles. The van der Waals surface area contributed by atoms with Gasteiger partial charge in [0.1, 0.15) is 0 Å². The van der Waals surface area contributed by atoms with Crippen LogP contribution in [0.4, 0.5) is 5.69 Å². The van der Waals surface area contributed by atoms with E-state index in [-0.39, 0.29) is 11.1 Å². The van der Waals surface area contributed by atoms with E-state index in [0.29, 0.717) is 16.3 Å². The fraction of sp³-hybridized carbons (Fsp3) is 0.0833. The number of aryl methyl sites for hydroxylation is 1. The minimum Gasteiger partial charge on any atom is -0.290 e. The van der Waals surface area contributed by atoms with Crippen molar-refractivity contribution in [1.82, 2.24) is 0 Å². The molecule has 0 aliphatic carbocycles. The number of hydrogen-bond donors (Lipinski definition) is 0. The van der Waals surface area contributed by atoms with Gasteiger partial charge in [-0.25, -0.2) is 0 Å². The zero-order chi connectivity index (χ0) is 11.7. The summed E-state index contributed by atoms with van der Waals surface area (Å²) >= 11 is 0.